The second-order valence-corrected chi connectivity index (χ2v) is 4.03. The van der Waals surface area contributed by atoms with Crippen molar-refractivity contribution in [3.05, 3.63) is 35.4 Å². The Morgan fingerprint density at radius 3 is 2.50 bits per heavy atom. The highest BCUT2D eigenvalue weighted by molar-refractivity contribution is 5.87. The van der Waals surface area contributed by atoms with Gasteiger partial charge in [-0.15, -0.1) is 0 Å². The quantitative estimate of drug-likeness (QED) is 0.805. The number of aromatic carboxylic acids is 1. The number of hydrogen-bond donors (Lipinski definition) is 1. The molecule has 16 heavy (non-hydrogen) atoms. The number of ether oxygens (including phenoxy) is 1. The van der Waals surface area contributed by atoms with Crippen LogP contribution in [0.15, 0.2) is 24.3 Å². The molecule has 0 heterocycles. The van der Waals surface area contributed by atoms with Crippen molar-refractivity contribution in [3.8, 4) is 0 Å². The molecule has 1 unspecified atom stereocenters. The topological polar surface area (TPSA) is 46.5 Å². The second kappa shape index (κ2) is 6.28. The lowest BCUT2D eigenvalue weighted by Gasteiger charge is -2.09. The third-order valence-electron chi connectivity index (χ3n) is 2.57. The number of benzene rings is 1. The zero-order valence-electron chi connectivity index (χ0n) is 9.77. The summed E-state index contributed by atoms with van der Waals surface area (Å²) >= 11 is 0. The van der Waals surface area contributed by atoms with Gasteiger partial charge in [0, 0.05) is 6.61 Å². The largest absolute Gasteiger partial charge is 0.478 e. The van der Waals surface area contributed by atoms with Crippen LogP contribution in [-0.2, 0) is 11.3 Å². The van der Waals surface area contributed by atoms with Gasteiger partial charge >= 0.3 is 5.97 Å². The fourth-order valence-electron chi connectivity index (χ4n) is 1.24. The minimum atomic E-state index is -0.896. The lowest BCUT2D eigenvalue weighted by atomic mass is 10.1. The predicted molar refractivity (Wildman–Crippen MR) is 62.5 cm³/mol. The van der Waals surface area contributed by atoms with Crippen LogP contribution in [0.4, 0.5) is 0 Å². The molecular weight excluding hydrogens is 204 g/mol. The molecule has 1 aromatic rings. The normalized spacial score (nSPS) is 12.4. The van der Waals surface area contributed by atoms with Crippen molar-refractivity contribution >= 4 is 5.97 Å². The minimum Gasteiger partial charge on any atom is -0.478 e. The van der Waals surface area contributed by atoms with Gasteiger partial charge < -0.3 is 9.84 Å². The summed E-state index contributed by atoms with van der Waals surface area (Å²) in [5.41, 5.74) is 1.32. The van der Waals surface area contributed by atoms with Crippen LogP contribution < -0.4 is 0 Å². The Balaban J connectivity index is 2.40. The summed E-state index contributed by atoms with van der Waals surface area (Å²) in [4.78, 5) is 10.6. The summed E-state index contributed by atoms with van der Waals surface area (Å²) in [5.74, 6) is -0.328. The third-order valence-corrected chi connectivity index (χ3v) is 2.57. The number of hydrogen-bond acceptors (Lipinski definition) is 2. The lowest BCUT2D eigenvalue weighted by Crippen LogP contribution is -2.04. The van der Waals surface area contributed by atoms with Crippen LogP contribution in [0.5, 0.6) is 0 Å². The summed E-state index contributed by atoms with van der Waals surface area (Å²) in [6.45, 7) is 5.57. The lowest BCUT2D eigenvalue weighted by molar-refractivity contribution is 0.0696. The smallest absolute Gasteiger partial charge is 0.335 e. The molecule has 0 saturated carbocycles. The van der Waals surface area contributed by atoms with E-state index in [1.807, 2.05) is 0 Å². The zero-order chi connectivity index (χ0) is 12.0. The highest BCUT2D eigenvalue weighted by Crippen LogP contribution is 2.07. The molecule has 88 valence electrons. The molecule has 0 spiro atoms. The highest BCUT2D eigenvalue weighted by atomic mass is 16.5. The summed E-state index contributed by atoms with van der Waals surface area (Å²) in [7, 11) is 0. The molecule has 0 radical (unpaired) electrons. The van der Waals surface area contributed by atoms with Crippen molar-refractivity contribution in [1.82, 2.24) is 0 Å². The molecule has 0 aromatic heterocycles. The first-order valence-corrected chi connectivity index (χ1v) is 5.53. The fraction of sp³-hybridized carbons (Fsp3) is 0.462. The van der Waals surface area contributed by atoms with Crippen molar-refractivity contribution in [1.29, 1.82) is 0 Å². The van der Waals surface area contributed by atoms with Gasteiger partial charge in [0.2, 0.25) is 0 Å². The summed E-state index contributed by atoms with van der Waals surface area (Å²) < 4.78 is 5.53. The SMILES string of the molecule is CCC(C)COCc1ccc(C(=O)O)cc1. The van der Waals surface area contributed by atoms with Crippen molar-refractivity contribution in [2.75, 3.05) is 6.61 Å². The van der Waals surface area contributed by atoms with E-state index < -0.39 is 5.97 Å². The molecule has 0 aliphatic rings. The second-order valence-electron chi connectivity index (χ2n) is 4.03. The Labute approximate surface area is 96.1 Å². The Morgan fingerprint density at radius 1 is 1.38 bits per heavy atom. The van der Waals surface area contributed by atoms with E-state index in [1.54, 1.807) is 24.3 Å². The van der Waals surface area contributed by atoms with Crippen LogP contribution in [0, 0.1) is 5.92 Å². The third kappa shape index (κ3) is 4.03. The molecule has 1 N–H and O–H groups in total. The van der Waals surface area contributed by atoms with Gasteiger partial charge in [-0.05, 0) is 23.6 Å². The molecular formula is C13H18O3. The Bertz CT molecular complexity index is 330. The van der Waals surface area contributed by atoms with Gasteiger partial charge in [-0.2, -0.15) is 0 Å². The first-order chi connectivity index (χ1) is 7.63. The summed E-state index contributed by atoms with van der Waals surface area (Å²) in [5, 5.41) is 8.73. The van der Waals surface area contributed by atoms with E-state index in [4.69, 9.17) is 9.84 Å². The molecule has 3 heteroatoms. The number of rotatable bonds is 6. The fourth-order valence-corrected chi connectivity index (χ4v) is 1.24. The van der Waals surface area contributed by atoms with E-state index >= 15 is 0 Å². The monoisotopic (exact) mass is 222 g/mol. The molecule has 0 saturated heterocycles. The molecule has 1 rings (SSSR count). The van der Waals surface area contributed by atoms with Gasteiger partial charge in [0.05, 0.1) is 12.2 Å². The number of carboxylic acid groups (broad SMARTS) is 1. The van der Waals surface area contributed by atoms with E-state index in [0.717, 1.165) is 18.6 Å². The molecule has 0 aliphatic carbocycles. The van der Waals surface area contributed by atoms with E-state index in [1.165, 1.54) is 0 Å². The zero-order valence-corrected chi connectivity index (χ0v) is 9.77. The number of carboxylic acids is 1. The maximum Gasteiger partial charge on any atom is 0.335 e. The minimum absolute atomic E-state index is 0.311. The standard InChI is InChI=1S/C13H18O3/c1-3-10(2)8-16-9-11-4-6-12(7-5-11)13(14)15/h4-7,10H,3,8-9H2,1-2H3,(H,14,15). The molecule has 0 bridgehead atoms. The van der Waals surface area contributed by atoms with Gasteiger partial charge in [-0.1, -0.05) is 32.4 Å². The van der Waals surface area contributed by atoms with E-state index in [-0.39, 0.29) is 0 Å². The van der Waals surface area contributed by atoms with Crippen LogP contribution in [0.2, 0.25) is 0 Å². The van der Waals surface area contributed by atoms with Crippen LogP contribution in [0.25, 0.3) is 0 Å². The van der Waals surface area contributed by atoms with Crippen molar-refractivity contribution in [2.24, 2.45) is 5.92 Å². The Morgan fingerprint density at radius 2 is 2.00 bits per heavy atom. The molecule has 1 atom stereocenters. The maximum absolute atomic E-state index is 10.6. The first-order valence-electron chi connectivity index (χ1n) is 5.53. The molecule has 0 aliphatic heterocycles. The molecule has 0 fully saturated rings. The molecule has 3 nitrogen and oxygen atoms in total. The van der Waals surface area contributed by atoms with Crippen LogP contribution in [0.1, 0.15) is 36.2 Å². The van der Waals surface area contributed by atoms with Gasteiger partial charge in [0.15, 0.2) is 0 Å². The Kier molecular flexibility index (Phi) is 4.99. The van der Waals surface area contributed by atoms with Gasteiger partial charge in [-0.25, -0.2) is 4.79 Å². The van der Waals surface area contributed by atoms with Crippen molar-refractivity contribution in [3.63, 3.8) is 0 Å². The van der Waals surface area contributed by atoms with E-state index in [9.17, 15) is 4.79 Å². The van der Waals surface area contributed by atoms with Crippen LogP contribution in [0.3, 0.4) is 0 Å². The first kappa shape index (κ1) is 12.7. The number of carbonyl (C=O) groups is 1. The van der Waals surface area contributed by atoms with Gasteiger partial charge in [0.1, 0.15) is 0 Å². The summed E-state index contributed by atoms with van der Waals surface area (Å²) in [6, 6.07) is 6.79. The maximum atomic E-state index is 10.6. The Hall–Kier alpha value is -1.35. The van der Waals surface area contributed by atoms with Crippen LogP contribution in [-0.4, -0.2) is 17.7 Å². The average molecular weight is 222 g/mol. The predicted octanol–water partition coefficient (Wildman–Crippen LogP) is 2.95. The average Bonchev–Trinajstić information content (AvgIpc) is 2.29. The van der Waals surface area contributed by atoms with Gasteiger partial charge in [0.25, 0.3) is 0 Å². The highest BCUT2D eigenvalue weighted by Gasteiger charge is 2.02. The van der Waals surface area contributed by atoms with Crippen molar-refractivity contribution in [2.45, 2.75) is 26.9 Å². The van der Waals surface area contributed by atoms with Crippen molar-refractivity contribution < 1.29 is 14.6 Å². The summed E-state index contributed by atoms with van der Waals surface area (Å²) in [6.07, 6.45) is 1.11. The molecule has 0 amide bonds. The van der Waals surface area contributed by atoms with Gasteiger partial charge in [-0.3, -0.25) is 0 Å². The van der Waals surface area contributed by atoms with Crippen LogP contribution >= 0.6 is 0 Å². The van der Waals surface area contributed by atoms with E-state index in [0.29, 0.717) is 18.1 Å². The molecule has 1 aromatic carbocycles. The van der Waals surface area contributed by atoms with E-state index in [2.05, 4.69) is 13.8 Å².